The van der Waals surface area contributed by atoms with E-state index in [4.69, 9.17) is 18.0 Å². The van der Waals surface area contributed by atoms with Crippen molar-refractivity contribution in [2.45, 2.75) is 51.4 Å². The van der Waals surface area contributed by atoms with Crippen LogP contribution in [0.2, 0.25) is 0 Å². The summed E-state index contributed by atoms with van der Waals surface area (Å²) in [4.78, 5) is 11.5. The van der Waals surface area contributed by atoms with Crippen LogP contribution >= 0.6 is 12.2 Å². The lowest BCUT2D eigenvalue weighted by atomic mass is 10.3. The largest absolute Gasteiger partial charge is 0.392 e. The lowest BCUT2D eigenvalue weighted by Crippen LogP contribution is -2.51. The summed E-state index contributed by atoms with van der Waals surface area (Å²) < 4.78 is 26.2. The molecule has 0 aliphatic rings. The minimum Gasteiger partial charge on any atom is -0.392 e. The van der Waals surface area contributed by atoms with Gasteiger partial charge in [-0.3, -0.25) is 4.79 Å². The zero-order valence-electron chi connectivity index (χ0n) is 11.1. The molecule has 2 unspecified atom stereocenters. The van der Waals surface area contributed by atoms with E-state index in [2.05, 4.69) is 10.0 Å². The minimum absolute atomic E-state index is 0.0537. The van der Waals surface area contributed by atoms with E-state index >= 15 is 0 Å². The molecule has 0 rings (SSSR count). The summed E-state index contributed by atoms with van der Waals surface area (Å²) in [5.74, 6) is -0.383. The number of thiocarbonyl (C=S) groups is 1. The van der Waals surface area contributed by atoms with Crippen LogP contribution in [0, 0.1) is 0 Å². The van der Waals surface area contributed by atoms with Crippen LogP contribution in [0.25, 0.3) is 0 Å². The second kappa shape index (κ2) is 7.01. The van der Waals surface area contributed by atoms with E-state index in [1.807, 2.05) is 0 Å². The fourth-order valence-corrected chi connectivity index (χ4v) is 3.42. The molecule has 0 saturated carbocycles. The van der Waals surface area contributed by atoms with Gasteiger partial charge in [0.1, 0.15) is 5.25 Å². The second-order valence-corrected chi connectivity index (χ2v) is 6.71. The Bertz CT molecular complexity index is 407. The Morgan fingerprint density at radius 1 is 1.33 bits per heavy atom. The molecule has 0 bridgehead atoms. The Kier molecular flexibility index (Phi) is 6.72. The predicted octanol–water partition coefficient (Wildman–Crippen LogP) is -0.116. The first-order chi connectivity index (χ1) is 8.11. The maximum atomic E-state index is 11.9. The van der Waals surface area contributed by atoms with Gasteiger partial charge in [-0.05, 0) is 27.2 Å². The third-order valence-corrected chi connectivity index (χ3v) is 4.68. The number of hydrogen-bond donors (Lipinski definition) is 3. The Hall–Kier alpha value is -0.730. The molecule has 18 heavy (non-hydrogen) atoms. The van der Waals surface area contributed by atoms with Crippen LogP contribution in [0.4, 0.5) is 0 Å². The molecule has 0 aromatic rings. The molecule has 0 saturated heterocycles. The molecular weight excluding hydrogens is 274 g/mol. The van der Waals surface area contributed by atoms with Crippen molar-refractivity contribution in [3.63, 3.8) is 0 Å². The van der Waals surface area contributed by atoms with E-state index in [1.54, 1.807) is 20.8 Å². The molecule has 0 aliphatic carbocycles. The predicted molar refractivity (Wildman–Crippen MR) is 75.7 cm³/mol. The van der Waals surface area contributed by atoms with E-state index in [9.17, 15) is 13.2 Å². The Morgan fingerprint density at radius 2 is 1.83 bits per heavy atom. The van der Waals surface area contributed by atoms with E-state index in [0.717, 1.165) is 0 Å². The Morgan fingerprint density at radius 3 is 2.17 bits per heavy atom. The summed E-state index contributed by atoms with van der Waals surface area (Å²) in [7, 11) is -3.73. The third kappa shape index (κ3) is 5.28. The van der Waals surface area contributed by atoms with Crippen LogP contribution in [-0.4, -0.2) is 36.6 Å². The van der Waals surface area contributed by atoms with Crippen LogP contribution in [-0.2, 0) is 14.8 Å². The summed E-state index contributed by atoms with van der Waals surface area (Å²) in [5.41, 5.74) is 5.38. The van der Waals surface area contributed by atoms with Gasteiger partial charge in [-0.1, -0.05) is 19.1 Å². The summed E-state index contributed by atoms with van der Waals surface area (Å²) in [6.45, 7) is 6.73. The van der Waals surface area contributed by atoms with Crippen molar-refractivity contribution >= 4 is 33.1 Å². The fourth-order valence-electron chi connectivity index (χ4n) is 1.37. The number of nitrogens with two attached hydrogens (primary N) is 1. The number of carbonyl (C=O) groups excluding carboxylic acids is 1. The molecule has 8 heteroatoms. The molecule has 2 atom stereocenters. The van der Waals surface area contributed by atoms with Gasteiger partial charge >= 0.3 is 0 Å². The summed E-state index contributed by atoms with van der Waals surface area (Å²) in [6, 6.07) is -0.914. The summed E-state index contributed by atoms with van der Waals surface area (Å²) in [5, 5.41) is 1.66. The third-order valence-electron chi connectivity index (χ3n) is 2.23. The average molecular weight is 295 g/mol. The van der Waals surface area contributed by atoms with Crippen molar-refractivity contribution in [3.05, 3.63) is 0 Å². The van der Waals surface area contributed by atoms with E-state index < -0.39 is 21.3 Å². The smallest absolute Gasteiger partial charge is 0.238 e. The lowest BCUT2D eigenvalue weighted by molar-refractivity contribution is -0.122. The molecule has 4 N–H and O–H groups in total. The molecule has 0 fully saturated rings. The van der Waals surface area contributed by atoms with Crippen LogP contribution in [0.1, 0.15) is 34.1 Å². The molecule has 0 aromatic carbocycles. The quantitative estimate of drug-likeness (QED) is 0.569. The van der Waals surface area contributed by atoms with Crippen molar-refractivity contribution < 1.29 is 13.2 Å². The number of amides is 1. The normalized spacial score (nSPS) is 15.2. The van der Waals surface area contributed by atoms with Gasteiger partial charge in [-0.25, -0.2) is 13.1 Å². The highest BCUT2D eigenvalue weighted by atomic mass is 32.2. The number of hydrogen-bond acceptors (Lipinski definition) is 4. The van der Waals surface area contributed by atoms with E-state index in [-0.39, 0.29) is 23.4 Å². The molecular formula is C10H21N3O3S2. The molecule has 0 spiro atoms. The van der Waals surface area contributed by atoms with Gasteiger partial charge in [0.05, 0.1) is 11.0 Å². The van der Waals surface area contributed by atoms with Gasteiger partial charge < -0.3 is 11.1 Å². The first kappa shape index (κ1) is 17.3. The topological polar surface area (TPSA) is 101 Å². The van der Waals surface area contributed by atoms with Gasteiger partial charge in [0.15, 0.2) is 0 Å². The van der Waals surface area contributed by atoms with Crippen molar-refractivity contribution in [1.29, 1.82) is 0 Å². The number of rotatable bonds is 7. The van der Waals surface area contributed by atoms with Crippen LogP contribution in [0.5, 0.6) is 0 Å². The maximum absolute atomic E-state index is 11.9. The first-order valence-electron chi connectivity index (χ1n) is 5.72. The molecule has 106 valence electrons. The van der Waals surface area contributed by atoms with Crippen molar-refractivity contribution in [1.82, 2.24) is 10.0 Å². The van der Waals surface area contributed by atoms with E-state index in [0.29, 0.717) is 0 Å². The molecule has 0 aromatic heterocycles. The second-order valence-electron chi connectivity index (χ2n) is 4.35. The zero-order valence-corrected chi connectivity index (χ0v) is 12.7. The highest BCUT2D eigenvalue weighted by molar-refractivity contribution is 7.93. The van der Waals surface area contributed by atoms with Crippen molar-refractivity contribution in [2.75, 3.05) is 0 Å². The highest BCUT2D eigenvalue weighted by Crippen LogP contribution is 2.06. The standard InChI is InChI=1S/C10H21N3O3S2/c1-5-8(9(11)17)18(15,16)13-7(4)10(14)12-6(2)3/h6-8,13H,5H2,1-4H3,(H2,11,17)(H,12,14). The van der Waals surface area contributed by atoms with Gasteiger partial charge in [0.25, 0.3) is 0 Å². The number of sulfonamides is 1. The number of nitrogens with one attached hydrogen (secondary N) is 2. The van der Waals surface area contributed by atoms with Gasteiger partial charge in [0, 0.05) is 6.04 Å². The Balaban J connectivity index is 4.77. The van der Waals surface area contributed by atoms with Gasteiger partial charge in [-0.15, -0.1) is 0 Å². The molecule has 0 aliphatic heterocycles. The summed E-state index contributed by atoms with van der Waals surface area (Å²) >= 11 is 4.71. The SMILES string of the molecule is CCC(C(N)=S)S(=O)(=O)NC(C)C(=O)NC(C)C. The van der Waals surface area contributed by atoms with Crippen LogP contribution in [0.3, 0.4) is 0 Å². The maximum Gasteiger partial charge on any atom is 0.238 e. The van der Waals surface area contributed by atoms with E-state index in [1.165, 1.54) is 6.92 Å². The highest BCUT2D eigenvalue weighted by Gasteiger charge is 2.29. The van der Waals surface area contributed by atoms with Gasteiger partial charge in [-0.2, -0.15) is 0 Å². The first-order valence-corrected chi connectivity index (χ1v) is 7.68. The number of carbonyl (C=O) groups is 1. The fraction of sp³-hybridized carbons (Fsp3) is 0.800. The zero-order chi connectivity index (χ0) is 14.5. The monoisotopic (exact) mass is 295 g/mol. The summed E-state index contributed by atoms with van der Waals surface area (Å²) in [6.07, 6.45) is 0.267. The molecule has 0 radical (unpaired) electrons. The average Bonchev–Trinajstić information content (AvgIpc) is 2.14. The van der Waals surface area contributed by atoms with Crippen LogP contribution < -0.4 is 15.8 Å². The minimum atomic E-state index is -3.73. The Labute approximate surface area is 114 Å². The molecule has 0 heterocycles. The molecule has 1 amide bonds. The lowest BCUT2D eigenvalue weighted by Gasteiger charge is -2.20. The van der Waals surface area contributed by atoms with Crippen molar-refractivity contribution in [2.24, 2.45) is 5.73 Å². The van der Waals surface area contributed by atoms with Crippen LogP contribution in [0.15, 0.2) is 0 Å². The van der Waals surface area contributed by atoms with Crippen molar-refractivity contribution in [3.8, 4) is 0 Å². The van der Waals surface area contributed by atoms with Gasteiger partial charge in [0.2, 0.25) is 15.9 Å². The molecule has 6 nitrogen and oxygen atoms in total.